The number of nitrogens with zero attached hydrogens (tertiary/aromatic N) is 1. The van der Waals surface area contributed by atoms with Gasteiger partial charge in [0.25, 0.3) is 0 Å². The Labute approximate surface area is 110 Å². The smallest absolute Gasteiger partial charge is 0.147 e. The number of ether oxygens (including phenoxy) is 2. The van der Waals surface area contributed by atoms with Crippen LogP contribution in [0.1, 0.15) is 32.1 Å². The lowest BCUT2D eigenvalue weighted by Gasteiger charge is -2.37. The van der Waals surface area contributed by atoms with Crippen molar-refractivity contribution >= 4 is 0 Å². The lowest BCUT2D eigenvalue weighted by Crippen LogP contribution is -2.44. The summed E-state index contributed by atoms with van der Waals surface area (Å²) < 4.78 is 10.9. The van der Waals surface area contributed by atoms with E-state index in [0.29, 0.717) is 12.9 Å². The first-order valence-electron chi connectivity index (χ1n) is 7.57. The van der Waals surface area contributed by atoms with Gasteiger partial charge in [-0.3, -0.25) is 0 Å². The van der Waals surface area contributed by atoms with Crippen LogP contribution in [0.3, 0.4) is 0 Å². The predicted molar refractivity (Wildman–Crippen MR) is 70.5 cm³/mol. The summed E-state index contributed by atoms with van der Waals surface area (Å²) in [5.74, 6) is 0.916. The summed E-state index contributed by atoms with van der Waals surface area (Å²) in [6, 6.07) is 0.812. The van der Waals surface area contributed by atoms with Gasteiger partial charge in [-0.25, -0.2) is 0 Å². The van der Waals surface area contributed by atoms with Gasteiger partial charge in [0.05, 0.1) is 12.7 Å². The van der Waals surface area contributed by atoms with Crippen molar-refractivity contribution in [2.24, 2.45) is 5.92 Å². The Kier molecular flexibility index (Phi) is 4.52. The molecule has 3 aliphatic rings. The van der Waals surface area contributed by atoms with E-state index in [1.807, 2.05) is 0 Å². The van der Waals surface area contributed by atoms with Gasteiger partial charge in [0.15, 0.2) is 0 Å². The van der Waals surface area contributed by atoms with E-state index < -0.39 is 0 Å². The minimum Gasteiger partial charge on any atom is -0.355 e. The quantitative estimate of drug-likeness (QED) is 0.821. The van der Waals surface area contributed by atoms with Crippen molar-refractivity contribution in [2.75, 3.05) is 39.6 Å². The SMILES string of the molecule is C1CNC(C2CCN(CC3CCOCO3)CC2)C1. The number of nitrogens with one attached hydrogen (secondary N) is 1. The summed E-state index contributed by atoms with van der Waals surface area (Å²) in [5, 5.41) is 3.66. The highest BCUT2D eigenvalue weighted by Gasteiger charge is 2.29. The molecule has 0 bridgehead atoms. The average molecular weight is 254 g/mol. The van der Waals surface area contributed by atoms with Gasteiger partial charge in [0, 0.05) is 12.6 Å². The third-order valence-electron chi connectivity index (χ3n) is 4.73. The molecule has 3 fully saturated rings. The molecule has 104 valence electrons. The van der Waals surface area contributed by atoms with Crippen LogP contribution in [0.2, 0.25) is 0 Å². The normalized spacial score (nSPS) is 36.0. The molecule has 0 aliphatic carbocycles. The monoisotopic (exact) mass is 254 g/mol. The maximum absolute atomic E-state index is 5.63. The van der Waals surface area contributed by atoms with Crippen molar-refractivity contribution in [1.82, 2.24) is 10.2 Å². The van der Waals surface area contributed by atoms with Crippen molar-refractivity contribution < 1.29 is 9.47 Å². The molecule has 3 heterocycles. The molecule has 2 unspecified atom stereocenters. The molecule has 4 nitrogen and oxygen atoms in total. The minimum atomic E-state index is 0.403. The van der Waals surface area contributed by atoms with Crippen LogP contribution in [0.25, 0.3) is 0 Å². The van der Waals surface area contributed by atoms with Gasteiger partial charge in [0.2, 0.25) is 0 Å². The van der Waals surface area contributed by atoms with E-state index in [1.165, 1.54) is 45.3 Å². The van der Waals surface area contributed by atoms with E-state index in [-0.39, 0.29) is 0 Å². The van der Waals surface area contributed by atoms with Crippen LogP contribution in [-0.2, 0) is 9.47 Å². The number of rotatable bonds is 3. The number of likely N-dealkylation sites (tertiary alicyclic amines) is 1. The van der Waals surface area contributed by atoms with Crippen LogP contribution < -0.4 is 5.32 Å². The Morgan fingerprint density at radius 3 is 2.67 bits per heavy atom. The summed E-state index contributed by atoms with van der Waals surface area (Å²) >= 11 is 0. The van der Waals surface area contributed by atoms with E-state index >= 15 is 0 Å². The van der Waals surface area contributed by atoms with E-state index in [4.69, 9.17) is 9.47 Å². The number of hydrogen-bond donors (Lipinski definition) is 1. The maximum atomic E-state index is 5.63. The highest BCUT2D eigenvalue weighted by atomic mass is 16.7. The molecule has 4 heteroatoms. The molecule has 1 N–H and O–H groups in total. The Hall–Kier alpha value is -0.160. The van der Waals surface area contributed by atoms with E-state index in [2.05, 4.69) is 10.2 Å². The second kappa shape index (κ2) is 6.33. The van der Waals surface area contributed by atoms with Gasteiger partial charge in [-0.15, -0.1) is 0 Å². The first-order chi connectivity index (χ1) is 8.92. The molecule has 0 amide bonds. The summed E-state index contributed by atoms with van der Waals surface area (Å²) in [7, 11) is 0. The zero-order valence-corrected chi connectivity index (χ0v) is 11.3. The van der Waals surface area contributed by atoms with Crippen molar-refractivity contribution in [3.8, 4) is 0 Å². The Morgan fingerprint density at radius 1 is 1.11 bits per heavy atom. The van der Waals surface area contributed by atoms with Crippen LogP contribution in [0.15, 0.2) is 0 Å². The van der Waals surface area contributed by atoms with Crippen LogP contribution in [0.5, 0.6) is 0 Å². The third kappa shape index (κ3) is 3.23. The van der Waals surface area contributed by atoms with Crippen molar-refractivity contribution in [3.05, 3.63) is 0 Å². The fourth-order valence-corrected chi connectivity index (χ4v) is 3.59. The van der Waals surface area contributed by atoms with Crippen LogP contribution in [0.4, 0.5) is 0 Å². The summed E-state index contributed by atoms with van der Waals surface area (Å²) in [6.07, 6.45) is 6.96. The molecule has 3 aliphatic heterocycles. The molecule has 0 spiro atoms. The van der Waals surface area contributed by atoms with Gasteiger partial charge in [-0.05, 0) is 57.7 Å². The average Bonchev–Trinajstić information content (AvgIpc) is 2.95. The van der Waals surface area contributed by atoms with Gasteiger partial charge < -0.3 is 19.7 Å². The Bertz CT molecular complexity index is 242. The lowest BCUT2D eigenvalue weighted by molar-refractivity contribution is -0.145. The highest BCUT2D eigenvalue weighted by molar-refractivity contribution is 4.86. The van der Waals surface area contributed by atoms with E-state index in [1.54, 1.807) is 0 Å². The highest BCUT2D eigenvalue weighted by Crippen LogP contribution is 2.26. The van der Waals surface area contributed by atoms with Crippen molar-refractivity contribution in [1.29, 1.82) is 0 Å². The van der Waals surface area contributed by atoms with Gasteiger partial charge in [-0.2, -0.15) is 0 Å². The Balaban J connectivity index is 1.39. The zero-order valence-electron chi connectivity index (χ0n) is 11.3. The first kappa shape index (κ1) is 12.9. The minimum absolute atomic E-state index is 0.403. The van der Waals surface area contributed by atoms with E-state index in [0.717, 1.165) is 31.5 Å². The van der Waals surface area contributed by atoms with Gasteiger partial charge in [0.1, 0.15) is 6.79 Å². The molecule has 0 radical (unpaired) electrons. The molecule has 3 rings (SSSR count). The molecule has 3 saturated heterocycles. The van der Waals surface area contributed by atoms with Crippen LogP contribution >= 0.6 is 0 Å². The summed E-state index contributed by atoms with van der Waals surface area (Å²) in [5.41, 5.74) is 0. The topological polar surface area (TPSA) is 33.7 Å². The third-order valence-corrected chi connectivity index (χ3v) is 4.73. The second-order valence-corrected chi connectivity index (χ2v) is 5.94. The fraction of sp³-hybridized carbons (Fsp3) is 1.00. The molecular weight excluding hydrogens is 228 g/mol. The van der Waals surface area contributed by atoms with E-state index in [9.17, 15) is 0 Å². The molecule has 18 heavy (non-hydrogen) atoms. The molecule has 0 aromatic heterocycles. The molecule has 0 aromatic carbocycles. The molecule has 0 aromatic rings. The van der Waals surface area contributed by atoms with Gasteiger partial charge in [-0.1, -0.05) is 0 Å². The summed E-state index contributed by atoms with van der Waals surface area (Å²) in [4.78, 5) is 2.58. The van der Waals surface area contributed by atoms with Crippen LogP contribution in [-0.4, -0.2) is 56.6 Å². The zero-order chi connectivity index (χ0) is 12.2. The van der Waals surface area contributed by atoms with Crippen LogP contribution in [0, 0.1) is 5.92 Å². The molecule has 0 saturated carbocycles. The first-order valence-corrected chi connectivity index (χ1v) is 7.57. The predicted octanol–water partition coefficient (Wildman–Crippen LogP) is 1.21. The summed E-state index contributed by atoms with van der Waals surface area (Å²) in [6.45, 7) is 6.21. The second-order valence-electron chi connectivity index (χ2n) is 5.94. The standard InChI is InChI=1S/C14H26N2O2/c1-2-14(15-6-1)12-3-7-16(8-4-12)10-13-5-9-17-11-18-13/h12-15H,1-11H2. The van der Waals surface area contributed by atoms with Crippen molar-refractivity contribution in [3.63, 3.8) is 0 Å². The maximum Gasteiger partial charge on any atom is 0.147 e. The number of piperidine rings is 1. The van der Waals surface area contributed by atoms with Crippen molar-refractivity contribution in [2.45, 2.75) is 44.2 Å². The Morgan fingerprint density at radius 2 is 2.00 bits per heavy atom. The molecular formula is C14H26N2O2. The fourth-order valence-electron chi connectivity index (χ4n) is 3.59. The number of hydrogen-bond acceptors (Lipinski definition) is 4. The van der Waals surface area contributed by atoms with Gasteiger partial charge >= 0.3 is 0 Å². The molecule has 2 atom stereocenters. The largest absolute Gasteiger partial charge is 0.355 e. The lowest BCUT2D eigenvalue weighted by atomic mass is 9.88.